The van der Waals surface area contributed by atoms with Crippen molar-refractivity contribution < 1.29 is 9.53 Å². The number of anilines is 1. The molecule has 0 radical (unpaired) electrons. The van der Waals surface area contributed by atoms with Crippen molar-refractivity contribution in [3.05, 3.63) is 53.0 Å². The average Bonchev–Trinajstić information content (AvgIpc) is 3.23. The lowest BCUT2D eigenvalue weighted by molar-refractivity contribution is -0.115. The Labute approximate surface area is 190 Å². The monoisotopic (exact) mass is 452 g/mol. The standard InChI is InChI=1S/C23H24N4O2S2/c1-3-5-18-9-6-17(14-24)22(25-18)30-13-12-21(28)27-23-26-20(15-31-23)16-7-10-19(11-8-16)29-4-2/h6-11,15H,3-5,12-13H2,1-2H3,(H,26,27,28). The van der Waals surface area contributed by atoms with Crippen molar-refractivity contribution in [2.45, 2.75) is 38.1 Å². The molecule has 31 heavy (non-hydrogen) atoms. The average molecular weight is 453 g/mol. The van der Waals surface area contributed by atoms with Crippen molar-refractivity contribution >= 4 is 34.1 Å². The van der Waals surface area contributed by atoms with Crippen LogP contribution in [0, 0.1) is 11.3 Å². The lowest BCUT2D eigenvalue weighted by Crippen LogP contribution is -2.12. The highest BCUT2D eigenvalue weighted by atomic mass is 32.2. The molecule has 0 saturated heterocycles. The zero-order chi connectivity index (χ0) is 22.1. The van der Waals surface area contributed by atoms with Crippen molar-refractivity contribution in [2.24, 2.45) is 0 Å². The van der Waals surface area contributed by atoms with E-state index in [0.29, 0.717) is 34.5 Å². The molecular formula is C23H24N4O2S2. The normalized spacial score (nSPS) is 10.5. The maximum Gasteiger partial charge on any atom is 0.226 e. The first-order valence-corrected chi connectivity index (χ1v) is 12.0. The van der Waals surface area contributed by atoms with Crippen LogP contribution in [0.5, 0.6) is 5.75 Å². The summed E-state index contributed by atoms with van der Waals surface area (Å²) >= 11 is 2.83. The van der Waals surface area contributed by atoms with Crippen LogP contribution in [0.15, 0.2) is 46.8 Å². The topological polar surface area (TPSA) is 87.9 Å². The summed E-state index contributed by atoms with van der Waals surface area (Å²) in [5, 5.41) is 15.3. The van der Waals surface area contributed by atoms with Gasteiger partial charge in [0.25, 0.3) is 0 Å². The number of benzene rings is 1. The lowest BCUT2D eigenvalue weighted by Gasteiger charge is -2.06. The van der Waals surface area contributed by atoms with Gasteiger partial charge in [-0.1, -0.05) is 13.3 Å². The van der Waals surface area contributed by atoms with E-state index in [9.17, 15) is 10.1 Å². The van der Waals surface area contributed by atoms with Gasteiger partial charge in [0.05, 0.1) is 17.9 Å². The summed E-state index contributed by atoms with van der Waals surface area (Å²) in [5.41, 5.74) is 3.30. The number of nitrogens with one attached hydrogen (secondary N) is 1. The molecule has 0 aliphatic heterocycles. The van der Waals surface area contributed by atoms with Crippen LogP contribution in [-0.2, 0) is 11.2 Å². The second-order valence-electron chi connectivity index (χ2n) is 6.66. The number of rotatable bonds is 10. The predicted octanol–water partition coefficient (Wildman–Crippen LogP) is 5.55. The van der Waals surface area contributed by atoms with Gasteiger partial charge < -0.3 is 10.1 Å². The van der Waals surface area contributed by atoms with E-state index in [4.69, 9.17) is 4.74 Å². The number of nitriles is 1. The van der Waals surface area contributed by atoms with Gasteiger partial charge >= 0.3 is 0 Å². The molecule has 3 aromatic rings. The van der Waals surface area contributed by atoms with Gasteiger partial charge in [0, 0.05) is 28.8 Å². The maximum absolute atomic E-state index is 12.3. The van der Waals surface area contributed by atoms with Crippen LogP contribution in [-0.4, -0.2) is 28.2 Å². The molecular weight excluding hydrogens is 428 g/mol. The number of carbonyl (C=O) groups is 1. The highest BCUT2D eigenvalue weighted by Gasteiger charge is 2.11. The van der Waals surface area contributed by atoms with E-state index in [0.717, 1.165) is 35.5 Å². The number of ether oxygens (including phenoxy) is 1. The highest BCUT2D eigenvalue weighted by molar-refractivity contribution is 7.99. The van der Waals surface area contributed by atoms with Crippen LogP contribution >= 0.6 is 23.1 Å². The van der Waals surface area contributed by atoms with Gasteiger partial charge in [-0.15, -0.1) is 23.1 Å². The fourth-order valence-corrected chi connectivity index (χ4v) is 4.51. The number of thiazole rings is 1. The van der Waals surface area contributed by atoms with Gasteiger partial charge in [0.15, 0.2) is 5.13 Å². The third kappa shape index (κ3) is 6.54. The molecule has 0 unspecified atom stereocenters. The van der Waals surface area contributed by atoms with Crippen molar-refractivity contribution in [1.82, 2.24) is 9.97 Å². The van der Waals surface area contributed by atoms with Gasteiger partial charge in [-0.25, -0.2) is 9.97 Å². The minimum absolute atomic E-state index is 0.108. The van der Waals surface area contributed by atoms with E-state index in [2.05, 4.69) is 28.3 Å². The minimum Gasteiger partial charge on any atom is -0.494 e. The van der Waals surface area contributed by atoms with Crippen LogP contribution in [0.2, 0.25) is 0 Å². The number of aromatic nitrogens is 2. The molecule has 0 aliphatic rings. The zero-order valence-corrected chi connectivity index (χ0v) is 19.2. The molecule has 8 heteroatoms. The number of carbonyl (C=O) groups excluding carboxylic acids is 1. The number of thioether (sulfide) groups is 1. The van der Waals surface area contributed by atoms with E-state index >= 15 is 0 Å². The Morgan fingerprint density at radius 1 is 1.19 bits per heavy atom. The quantitative estimate of drug-likeness (QED) is 0.406. The summed E-state index contributed by atoms with van der Waals surface area (Å²) in [7, 11) is 0. The summed E-state index contributed by atoms with van der Waals surface area (Å²) in [6, 6.07) is 13.6. The van der Waals surface area contributed by atoms with Crippen LogP contribution in [0.3, 0.4) is 0 Å². The molecule has 1 amide bonds. The van der Waals surface area contributed by atoms with Crippen molar-refractivity contribution in [3.8, 4) is 23.1 Å². The Hall–Kier alpha value is -2.89. The van der Waals surface area contributed by atoms with Gasteiger partial charge in [-0.05, 0) is 49.7 Å². The van der Waals surface area contributed by atoms with Crippen molar-refractivity contribution in [1.29, 1.82) is 5.26 Å². The van der Waals surface area contributed by atoms with E-state index in [1.54, 1.807) is 6.07 Å². The maximum atomic E-state index is 12.3. The molecule has 0 atom stereocenters. The van der Waals surface area contributed by atoms with E-state index in [1.165, 1.54) is 23.1 Å². The smallest absolute Gasteiger partial charge is 0.226 e. The van der Waals surface area contributed by atoms with Crippen LogP contribution in [0.4, 0.5) is 5.13 Å². The predicted molar refractivity (Wildman–Crippen MR) is 126 cm³/mol. The highest BCUT2D eigenvalue weighted by Crippen LogP contribution is 2.27. The molecule has 2 heterocycles. The largest absolute Gasteiger partial charge is 0.494 e. The molecule has 0 aliphatic carbocycles. The number of amides is 1. The molecule has 0 spiro atoms. The molecule has 160 valence electrons. The van der Waals surface area contributed by atoms with Crippen molar-refractivity contribution in [3.63, 3.8) is 0 Å². The molecule has 1 N–H and O–H groups in total. The Morgan fingerprint density at radius 2 is 2.00 bits per heavy atom. The fourth-order valence-electron chi connectivity index (χ4n) is 2.84. The Morgan fingerprint density at radius 3 is 2.71 bits per heavy atom. The number of hydrogen-bond acceptors (Lipinski definition) is 7. The number of pyridine rings is 1. The minimum atomic E-state index is -0.108. The summed E-state index contributed by atoms with van der Waals surface area (Å²) < 4.78 is 5.46. The summed E-state index contributed by atoms with van der Waals surface area (Å²) in [6.45, 7) is 4.67. The fraction of sp³-hybridized carbons (Fsp3) is 0.304. The second kappa shape index (κ2) is 11.5. The van der Waals surface area contributed by atoms with Crippen molar-refractivity contribution in [2.75, 3.05) is 17.7 Å². The third-order valence-corrected chi connectivity index (χ3v) is 6.07. The van der Waals surface area contributed by atoms with E-state index in [1.807, 2.05) is 42.6 Å². The van der Waals surface area contributed by atoms with Gasteiger partial charge in [0.1, 0.15) is 16.8 Å². The Kier molecular flexibility index (Phi) is 8.44. The SMILES string of the molecule is CCCc1ccc(C#N)c(SCCC(=O)Nc2nc(-c3ccc(OCC)cc3)cs2)n1. The lowest BCUT2D eigenvalue weighted by atomic mass is 10.2. The van der Waals surface area contributed by atoms with E-state index in [-0.39, 0.29) is 5.91 Å². The summed E-state index contributed by atoms with van der Waals surface area (Å²) in [6.07, 6.45) is 2.19. The molecule has 1 aromatic carbocycles. The summed E-state index contributed by atoms with van der Waals surface area (Å²) in [4.78, 5) is 21.4. The van der Waals surface area contributed by atoms with Crippen LogP contribution in [0.25, 0.3) is 11.3 Å². The molecule has 3 rings (SSSR count). The van der Waals surface area contributed by atoms with Crippen LogP contribution < -0.4 is 10.1 Å². The first-order valence-electron chi connectivity index (χ1n) is 10.1. The molecule has 0 saturated carbocycles. The van der Waals surface area contributed by atoms with Crippen LogP contribution in [0.1, 0.15) is 37.9 Å². The van der Waals surface area contributed by atoms with Gasteiger partial charge in [-0.3, -0.25) is 4.79 Å². The molecule has 0 bridgehead atoms. The molecule has 6 nitrogen and oxygen atoms in total. The van der Waals surface area contributed by atoms with Gasteiger partial charge in [-0.2, -0.15) is 5.26 Å². The number of aryl methyl sites for hydroxylation is 1. The first-order chi connectivity index (χ1) is 15.1. The zero-order valence-electron chi connectivity index (χ0n) is 17.6. The first kappa shape index (κ1) is 22.8. The second-order valence-corrected chi connectivity index (χ2v) is 8.60. The number of nitrogens with zero attached hydrogens (tertiary/aromatic N) is 3. The number of hydrogen-bond donors (Lipinski definition) is 1. The molecule has 0 fully saturated rings. The summed E-state index contributed by atoms with van der Waals surface area (Å²) in [5.74, 6) is 1.25. The Bertz CT molecular complexity index is 1060. The molecule has 2 aromatic heterocycles. The Balaban J connectivity index is 1.53. The van der Waals surface area contributed by atoms with Gasteiger partial charge in [0.2, 0.25) is 5.91 Å². The van der Waals surface area contributed by atoms with E-state index < -0.39 is 0 Å². The third-order valence-electron chi connectivity index (χ3n) is 4.32.